The van der Waals surface area contributed by atoms with Gasteiger partial charge in [-0.25, -0.2) is 13.8 Å². The molecule has 0 aliphatic rings. The lowest BCUT2D eigenvalue weighted by Crippen LogP contribution is -1.99. The van der Waals surface area contributed by atoms with Crippen LogP contribution in [0.2, 0.25) is 0 Å². The number of methoxy groups -OCH3 is 1. The summed E-state index contributed by atoms with van der Waals surface area (Å²) in [4.78, 5) is 14.1. The Morgan fingerprint density at radius 3 is 2.71 bits per heavy atom. The smallest absolute Gasteiger partial charge is 0.265 e. The minimum Gasteiger partial charge on any atom is -0.480 e. The summed E-state index contributed by atoms with van der Waals surface area (Å²) in [6, 6.07) is 0. The molecule has 0 saturated carbocycles. The SMILES string of the molecule is COc1ncc(C=O)c(C(F)F)c1Br. The second-order valence-corrected chi connectivity index (χ2v) is 3.16. The van der Waals surface area contributed by atoms with E-state index >= 15 is 0 Å². The van der Waals surface area contributed by atoms with Crippen LogP contribution in [0.25, 0.3) is 0 Å². The molecule has 3 nitrogen and oxygen atoms in total. The maximum absolute atomic E-state index is 12.5. The van der Waals surface area contributed by atoms with Crippen LogP contribution < -0.4 is 4.74 Å². The Kier molecular flexibility index (Phi) is 3.51. The van der Waals surface area contributed by atoms with Crippen molar-refractivity contribution in [2.45, 2.75) is 6.43 Å². The van der Waals surface area contributed by atoms with Gasteiger partial charge in [0.1, 0.15) is 0 Å². The van der Waals surface area contributed by atoms with Crippen LogP contribution in [0.15, 0.2) is 10.7 Å². The lowest BCUT2D eigenvalue weighted by atomic mass is 10.1. The third kappa shape index (κ3) is 1.89. The fraction of sp³-hybridized carbons (Fsp3) is 0.250. The van der Waals surface area contributed by atoms with E-state index in [2.05, 4.69) is 20.9 Å². The Balaban J connectivity index is 3.38. The molecular weight excluding hydrogens is 260 g/mol. The Bertz CT molecular complexity index is 357. The first-order valence-electron chi connectivity index (χ1n) is 3.57. The van der Waals surface area contributed by atoms with Crippen molar-refractivity contribution < 1.29 is 18.3 Å². The van der Waals surface area contributed by atoms with Gasteiger partial charge < -0.3 is 4.74 Å². The molecule has 76 valence electrons. The van der Waals surface area contributed by atoms with Gasteiger partial charge in [-0.05, 0) is 15.9 Å². The number of aldehydes is 1. The Morgan fingerprint density at radius 1 is 1.64 bits per heavy atom. The van der Waals surface area contributed by atoms with E-state index in [0.29, 0.717) is 6.29 Å². The number of hydrogen-bond acceptors (Lipinski definition) is 3. The first kappa shape index (κ1) is 11.0. The van der Waals surface area contributed by atoms with Crippen LogP contribution in [0.4, 0.5) is 8.78 Å². The molecule has 6 heteroatoms. The maximum Gasteiger partial charge on any atom is 0.265 e. The van der Waals surface area contributed by atoms with Crippen LogP contribution in [-0.2, 0) is 0 Å². The number of ether oxygens (including phenoxy) is 1. The van der Waals surface area contributed by atoms with Gasteiger partial charge in [-0.3, -0.25) is 4.79 Å². The number of aromatic nitrogens is 1. The Morgan fingerprint density at radius 2 is 2.29 bits per heavy atom. The molecule has 1 aromatic rings. The quantitative estimate of drug-likeness (QED) is 0.789. The first-order valence-corrected chi connectivity index (χ1v) is 4.36. The molecule has 0 aliphatic carbocycles. The zero-order valence-electron chi connectivity index (χ0n) is 7.13. The van der Waals surface area contributed by atoms with E-state index < -0.39 is 12.0 Å². The molecule has 0 N–H and O–H groups in total. The van der Waals surface area contributed by atoms with Crippen LogP contribution in [0.5, 0.6) is 5.88 Å². The number of alkyl halides is 2. The number of carbonyl (C=O) groups excluding carboxylic acids is 1. The number of hydrogen-bond donors (Lipinski definition) is 0. The molecule has 0 radical (unpaired) electrons. The fourth-order valence-electron chi connectivity index (χ4n) is 0.954. The molecule has 0 aliphatic heterocycles. The highest BCUT2D eigenvalue weighted by Crippen LogP contribution is 2.34. The van der Waals surface area contributed by atoms with Gasteiger partial charge in [0.05, 0.1) is 11.6 Å². The number of carbonyl (C=O) groups is 1. The van der Waals surface area contributed by atoms with Gasteiger partial charge in [0, 0.05) is 17.3 Å². The molecule has 0 aromatic carbocycles. The van der Waals surface area contributed by atoms with Crippen LogP contribution in [0.3, 0.4) is 0 Å². The van der Waals surface area contributed by atoms with Gasteiger partial charge in [-0.1, -0.05) is 0 Å². The number of pyridine rings is 1. The lowest BCUT2D eigenvalue weighted by Gasteiger charge is -2.08. The van der Waals surface area contributed by atoms with Crippen molar-refractivity contribution in [3.63, 3.8) is 0 Å². The lowest BCUT2D eigenvalue weighted by molar-refractivity contribution is 0.110. The highest BCUT2D eigenvalue weighted by Gasteiger charge is 2.20. The molecular formula is C8H6BrF2NO2. The van der Waals surface area contributed by atoms with E-state index in [1.807, 2.05) is 0 Å². The largest absolute Gasteiger partial charge is 0.480 e. The van der Waals surface area contributed by atoms with Gasteiger partial charge in [0.2, 0.25) is 5.88 Å². The Hall–Kier alpha value is -1.04. The van der Waals surface area contributed by atoms with Crippen molar-refractivity contribution in [3.8, 4) is 5.88 Å². The fourth-order valence-corrected chi connectivity index (χ4v) is 1.62. The van der Waals surface area contributed by atoms with Gasteiger partial charge in [0.15, 0.2) is 6.29 Å². The van der Waals surface area contributed by atoms with Crippen molar-refractivity contribution in [2.75, 3.05) is 7.11 Å². The Labute approximate surface area is 87.2 Å². The number of nitrogens with zero attached hydrogens (tertiary/aromatic N) is 1. The summed E-state index contributed by atoms with van der Waals surface area (Å²) in [6.07, 6.45) is -1.36. The molecule has 1 rings (SSSR count). The first-order chi connectivity index (χ1) is 6.61. The standard InChI is InChI=1S/C8H6BrF2NO2/c1-14-8-6(9)5(7(10)11)4(3-13)2-12-8/h2-3,7H,1H3. The molecule has 14 heavy (non-hydrogen) atoms. The second-order valence-electron chi connectivity index (χ2n) is 2.37. The van der Waals surface area contributed by atoms with E-state index in [0.717, 1.165) is 6.20 Å². The molecule has 0 fully saturated rings. The molecule has 0 unspecified atom stereocenters. The van der Waals surface area contributed by atoms with E-state index in [1.165, 1.54) is 7.11 Å². The second kappa shape index (κ2) is 4.45. The molecule has 1 aromatic heterocycles. The molecule has 0 spiro atoms. The minimum atomic E-state index is -2.75. The van der Waals surface area contributed by atoms with Crippen LogP contribution in [-0.4, -0.2) is 18.4 Å². The highest BCUT2D eigenvalue weighted by atomic mass is 79.9. The topological polar surface area (TPSA) is 39.2 Å². The van der Waals surface area contributed by atoms with Crippen molar-refractivity contribution >= 4 is 22.2 Å². The van der Waals surface area contributed by atoms with E-state index in [-0.39, 0.29) is 15.9 Å². The van der Waals surface area contributed by atoms with E-state index in [9.17, 15) is 13.6 Å². The zero-order chi connectivity index (χ0) is 10.7. The summed E-state index contributed by atoms with van der Waals surface area (Å²) >= 11 is 2.91. The maximum atomic E-state index is 12.5. The summed E-state index contributed by atoms with van der Waals surface area (Å²) in [5, 5.41) is 0. The molecule has 0 saturated heterocycles. The molecule has 0 bridgehead atoms. The van der Waals surface area contributed by atoms with Gasteiger partial charge in [-0.15, -0.1) is 0 Å². The number of rotatable bonds is 3. The highest BCUT2D eigenvalue weighted by molar-refractivity contribution is 9.10. The normalized spacial score (nSPS) is 10.4. The zero-order valence-corrected chi connectivity index (χ0v) is 8.72. The van der Waals surface area contributed by atoms with Crippen molar-refractivity contribution in [2.24, 2.45) is 0 Å². The van der Waals surface area contributed by atoms with E-state index in [1.54, 1.807) is 0 Å². The summed E-state index contributed by atoms with van der Waals surface area (Å²) < 4.78 is 29.8. The number of halogens is 3. The van der Waals surface area contributed by atoms with Crippen molar-refractivity contribution in [1.29, 1.82) is 0 Å². The minimum absolute atomic E-state index is 0.0135. The summed E-state index contributed by atoms with van der Waals surface area (Å²) in [6.45, 7) is 0. The van der Waals surface area contributed by atoms with E-state index in [4.69, 9.17) is 4.74 Å². The van der Waals surface area contributed by atoms with Crippen LogP contribution >= 0.6 is 15.9 Å². The molecule has 0 amide bonds. The summed E-state index contributed by atoms with van der Waals surface area (Å²) in [7, 11) is 1.31. The van der Waals surface area contributed by atoms with Gasteiger partial charge in [-0.2, -0.15) is 0 Å². The average Bonchev–Trinajstić information content (AvgIpc) is 2.16. The van der Waals surface area contributed by atoms with Crippen molar-refractivity contribution in [3.05, 3.63) is 21.8 Å². The molecule has 0 atom stereocenters. The molecule has 1 heterocycles. The van der Waals surface area contributed by atoms with Crippen LogP contribution in [0.1, 0.15) is 22.3 Å². The van der Waals surface area contributed by atoms with Gasteiger partial charge in [0.25, 0.3) is 6.43 Å². The van der Waals surface area contributed by atoms with Gasteiger partial charge >= 0.3 is 0 Å². The predicted molar refractivity (Wildman–Crippen MR) is 48.8 cm³/mol. The third-order valence-corrected chi connectivity index (χ3v) is 2.36. The average molecular weight is 266 g/mol. The summed E-state index contributed by atoms with van der Waals surface area (Å²) in [5.74, 6) is 0.0332. The van der Waals surface area contributed by atoms with Crippen LogP contribution in [0, 0.1) is 0 Å². The van der Waals surface area contributed by atoms with Crippen molar-refractivity contribution in [1.82, 2.24) is 4.98 Å². The predicted octanol–water partition coefficient (Wildman–Crippen LogP) is 2.60. The summed E-state index contributed by atoms with van der Waals surface area (Å²) in [5.41, 5.74) is -0.542. The third-order valence-electron chi connectivity index (χ3n) is 1.59. The monoisotopic (exact) mass is 265 g/mol.